The third-order valence-corrected chi connectivity index (χ3v) is 5.03. The monoisotopic (exact) mass is 202 g/mol. The number of fused-ring (bicyclic) bond motifs is 3. The standard InChI is InChI=1S/C10H22N2S/c1-3-11-4-7-12(8-5-11,9-6-11)10-13-2/h3-10H2,1-2H3/q+2. The molecular formula is C10H22N2S+2. The van der Waals surface area contributed by atoms with Gasteiger partial charge >= 0.3 is 0 Å². The van der Waals surface area contributed by atoms with Crippen molar-refractivity contribution in [2.24, 2.45) is 0 Å². The fraction of sp³-hybridized carbons (Fsp3) is 1.00. The predicted octanol–water partition coefficient (Wildman–Crippen LogP) is 0.988. The molecule has 0 aliphatic carbocycles. The van der Waals surface area contributed by atoms with Crippen LogP contribution >= 0.6 is 11.8 Å². The average Bonchev–Trinajstić information content (AvgIpc) is 2.21. The molecule has 3 saturated heterocycles. The maximum Gasteiger partial charge on any atom is 0.129 e. The Balaban J connectivity index is 2.03. The highest BCUT2D eigenvalue weighted by molar-refractivity contribution is 7.98. The van der Waals surface area contributed by atoms with E-state index in [1.165, 1.54) is 60.7 Å². The molecule has 0 aromatic rings. The van der Waals surface area contributed by atoms with E-state index in [0.717, 1.165) is 0 Å². The summed E-state index contributed by atoms with van der Waals surface area (Å²) in [5, 5.41) is 0. The largest absolute Gasteiger partial charge is 0.310 e. The quantitative estimate of drug-likeness (QED) is 0.615. The summed E-state index contributed by atoms with van der Waals surface area (Å²) >= 11 is 2.03. The van der Waals surface area contributed by atoms with Crippen molar-refractivity contribution in [3.63, 3.8) is 0 Å². The Morgan fingerprint density at radius 2 is 1.38 bits per heavy atom. The van der Waals surface area contributed by atoms with Crippen LogP contribution in [0.15, 0.2) is 0 Å². The van der Waals surface area contributed by atoms with Crippen molar-refractivity contribution in [2.45, 2.75) is 6.92 Å². The number of likely N-dealkylation sites (N-methyl/N-ethyl adjacent to an activating group) is 1. The molecule has 0 unspecified atom stereocenters. The van der Waals surface area contributed by atoms with Crippen LogP contribution in [0.1, 0.15) is 6.92 Å². The summed E-state index contributed by atoms with van der Waals surface area (Å²) in [5.74, 6) is 1.35. The van der Waals surface area contributed by atoms with E-state index >= 15 is 0 Å². The molecule has 3 aliphatic heterocycles. The van der Waals surface area contributed by atoms with E-state index < -0.39 is 0 Å². The summed E-state index contributed by atoms with van der Waals surface area (Å²) in [7, 11) is 0. The maximum absolute atomic E-state index is 2.36. The fourth-order valence-corrected chi connectivity index (χ4v) is 3.82. The van der Waals surface area contributed by atoms with Gasteiger partial charge in [-0.2, -0.15) is 0 Å². The third-order valence-electron chi connectivity index (χ3n) is 4.22. The van der Waals surface area contributed by atoms with E-state index in [9.17, 15) is 0 Å². The lowest BCUT2D eigenvalue weighted by atomic mass is 10.1. The molecular weight excluding hydrogens is 180 g/mol. The number of hydrogen-bond donors (Lipinski definition) is 0. The number of hydrogen-bond acceptors (Lipinski definition) is 1. The lowest BCUT2D eigenvalue weighted by Gasteiger charge is -2.55. The summed E-state index contributed by atoms with van der Waals surface area (Å²) in [6.45, 7) is 12.4. The second kappa shape index (κ2) is 3.44. The van der Waals surface area contributed by atoms with Crippen molar-refractivity contribution >= 4 is 11.8 Å². The molecule has 0 aromatic heterocycles. The van der Waals surface area contributed by atoms with Crippen molar-refractivity contribution in [1.29, 1.82) is 0 Å². The van der Waals surface area contributed by atoms with Gasteiger partial charge in [0.15, 0.2) is 0 Å². The van der Waals surface area contributed by atoms with Crippen LogP contribution in [0.3, 0.4) is 0 Å². The first-order valence-corrected chi connectivity index (χ1v) is 6.83. The van der Waals surface area contributed by atoms with Crippen molar-refractivity contribution in [3.05, 3.63) is 0 Å². The van der Waals surface area contributed by atoms with Crippen molar-refractivity contribution in [3.8, 4) is 0 Å². The molecule has 3 fully saturated rings. The van der Waals surface area contributed by atoms with Crippen LogP contribution in [0.25, 0.3) is 0 Å². The Morgan fingerprint density at radius 3 is 1.77 bits per heavy atom. The van der Waals surface area contributed by atoms with Gasteiger partial charge in [0.05, 0.1) is 6.54 Å². The van der Waals surface area contributed by atoms with E-state index in [0.29, 0.717) is 0 Å². The Morgan fingerprint density at radius 1 is 0.923 bits per heavy atom. The van der Waals surface area contributed by atoms with Gasteiger partial charge in [0.1, 0.15) is 45.1 Å². The van der Waals surface area contributed by atoms with Crippen LogP contribution in [-0.2, 0) is 0 Å². The maximum atomic E-state index is 2.36. The van der Waals surface area contributed by atoms with Crippen LogP contribution in [0.5, 0.6) is 0 Å². The van der Waals surface area contributed by atoms with Crippen molar-refractivity contribution < 1.29 is 8.97 Å². The minimum atomic E-state index is 1.35. The van der Waals surface area contributed by atoms with Gasteiger partial charge in [-0.05, 0) is 13.2 Å². The topological polar surface area (TPSA) is 0 Å². The zero-order valence-corrected chi connectivity index (χ0v) is 9.78. The summed E-state index contributed by atoms with van der Waals surface area (Å²) in [4.78, 5) is 0. The molecule has 3 heterocycles. The van der Waals surface area contributed by atoms with Crippen LogP contribution in [0, 0.1) is 0 Å². The minimum absolute atomic E-state index is 1.35. The van der Waals surface area contributed by atoms with Crippen LogP contribution < -0.4 is 0 Å². The molecule has 3 heteroatoms. The molecule has 3 rings (SSSR count). The third kappa shape index (κ3) is 1.62. The van der Waals surface area contributed by atoms with Gasteiger partial charge in [-0.3, -0.25) is 0 Å². The predicted molar refractivity (Wildman–Crippen MR) is 58.6 cm³/mol. The lowest BCUT2D eigenvalue weighted by Crippen LogP contribution is -2.74. The lowest BCUT2D eigenvalue weighted by molar-refractivity contribution is -1.07. The smallest absolute Gasteiger partial charge is 0.129 e. The number of rotatable bonds is 3. The Kier molecular flexibility index (Phi) is 2.60. The van der Waals surface area contributed by atoms with E-state index in [-0.39, 0.29) is 0 Å². The molecule has 2 nitrogen and oxygen atoms in total. The van der Waals surface area contributed by atoms with Crippen molar-refractivity contribution in [1.82, 2.24) is 0 Å². The highest BCUT2D eigenvalue weighted by atomic mass is 32.2. The first-order chi connectivity index (χ1) is 6.24. The van der Waals surface area contributed by atoms with E-state index in [4.69, 9.17) is 0 Å². The van der Waals surface area contributed by atoms with E-state index in [1.807, 2.05) is 11.8 Å². The summed E-state index contributed by atoms with van der Waals surface area (Å²) in [5.41, 5.74) is 0. The molecule has 0 N–H and O–H groups in total. The second-order valence-corrected chi connectivity index (χ2v) is 5.59. The number of thioether (sulfide) groups is 1. The number of nitrogens with zero attached hydrogens (tertiary/aromatic N) is 2. The number of quaternary nitrogens is 2. The zero-order valence-electron chi connectivity index (χ0n) is 8.96. The first-order valence-electron chi connectivity index (χ1n) is 5.43. The summed E-state index contributed by atoms with van der Waals surface area (Å²) in [6, 6.07) is 0. The van der Waals surface area contributed by atoms with Gasteiger partial charge in [0.2, 0.25) is 0 Å². The highest BCUT2D eigenvalue weighted by Crippen LogP contribution is 2.27. The SMILES string of the molecule is CC[N+]12CC[N+](CSC)(CC1)CC2. The highest BCUT2D eigenvalue weighted by Gasteiger charge is 2.47. The molecule has 2 bridgehead atoms. The molecule has 13 heavy (non-hydrogen) atoms. The summed E-state index contributed by atoms with van der Waals surface area (Å²) in [6.07, 6.45) is 2.25. The molecule has 0 spiro atoms. The van der Waals surface area contributed by atoms with Crippen LogP contribution in [0.4, 0.5) is 0 Å². The van der Waals surface area contributed by atoms with Gasteiger partial charge in [-0.1, -0.05) is 0 Å². The Bertz CT molecular complexity index is 169. The number of piperazine rings is 3. The molecule has 0 atom stereocenters. The van der Waals surface area contributed by atoms with Gasteiger partial charge in [0.25, 0.3) is 0 Å². The minimum Gasteiger partial charge on any atom is -0.310 e. The Labute approximate surface area is 86.1 Å². The van der Waals surface area contributed by atoms with Gasteiger partial charge in [0, 0.05) is 0 Å². The molecule has 0 amide bonds. The van der Waals surface area contributed by atoms with E-state index in [2.05, 4.69) is 13.2 Å². The van der Waals surface area contributed by atoms with Crippen LogP contribution in [0.2, 0.25) is 0 Å². The molecule has 3 aliphatic rings. The van der Waals surface area contributed by atoms with Gasteiger partial charge in [-0.25, -0.2) is 0 Å². The zero-order chi connectivity index (χ0) is 9.36. The summed E-state index contributed by atoms with van der Waals surface area (Å²) < 4.78 is 2.84. The van der Waals surface area contributed by atoms with Crippen molar-refractivity contribution in [2.75, 3.05) is 57.9 Å². The molecule has 0 aromatic carbocycles. The fourth-order valence-electron chi connectivity index (χ4n) is 2.89. The van der Waals surface area contributed by atoms with Crippen LogP contribution in [-0.4, -0.2) is 66.9 Å². The first kappa shape index (κ1) is 9.81. The second-order valence-electron chi connectivity index (χ2n) is 4.76. The van der Waals surface area contributed by atoms with Gasteiger partial charge in [-0.15, -0.1) is 11.8 Å². The van der Waals surface area contributed by atoms with E-state index in [1.54, 1.807) is 0 Å². The molecule has 76 valence electrons. The Hall–Kier alpha value is 0.270. The normalized spacial score (nSPS) is 43.8. The molecule has 0 saturated carbocycles. The molecule has 0 radical (unpaired) electrons. The average molecular weight is 202 g/mol. The van der Waals surface area contributed by atoms with Gasteiger partial charge < -0.3 is 8.97 Å².